The molecular weight excluding hydrogens is 568 g/mol. The van der Waals surface area contributed by atoms with E-state index in [4.69, 9.17) is 32.4 Å². The molecule has 13 N–H and O–H groups in total. The number of H-pyrrole nitrogens is 1. The molecule has 2 bridgehead atoms. The summed E-state index contributed by atoms with van der Waals surface area (Å²) in [6.45, 7) is -0.102. The Kier molecular flexibility index (Phi) is 6.23. The highest BCUT2D eigenvalue weighted by atomic mass is 16.5. The number of guanidine groups is 2. The van der Waals surface area contributed by atoms with Crippen molar-refractivity contribution in [3.05, 3.63) is 29.3 Å². The number of aromatic nitrogens is 8. The zero-order valence-corrected chi connectivity index (χ0v) is 22.2. The standard InChI is InChI=1S/C22H28N16O5/c23-14-10-15(30-3-29-14)37(4-31-10)19-13(40)8-6(42-19)1-27-21(25)34-9-12(39)7(2-28-20(24)33-8)43-18(9)38-5-32-11-16(38)35-22(26)36-17(11)41/h3-9,12-13,18-19,39-40H,1-2H2,(H2,23,29,30)(H3,24,28,33)(H3,25,27,34)(H3,26,35,36,41). The molecule has 4 aromatic rings. The zero-order valence-electron chi connectivity index (χ0n) is 22.2. The van der Waals surface area contributed by atoms with Crippen LogP contribution in [0.5, 0.6) is 0 Å². The zero-order chi connectivity index (χ0) is 30.0. The second-order valence-electron chi connectivity index (χ2n) is 10.3. The average molecular weight is 597 g/mol. The summed E-state index contributed by atoms with van der Waals surface area (Å²) in [6, 6.07) is -1.65. The first-order chi connectivity index (χ1) is 20.7. The van der Waals surface area contributed by atoms with E-state index in [0.717, 1.165) is 0 Å². The van der Waals surface area contributed by atoms with Gasteiger partial charge in [-0.05, 0) is 0 Å². The van der Waals surface area contributed by atoms with E-state index in [2.05, 4.69) is 50.5 Å². The fourth-order valence-electron chi connectivity index (χ4n) is 5.59. The van der Waals surface area contributed by atoms with Gasteiger partial charge < -0.3 is 53.3 Å². The molecule has 226 valence electrons. The Morgan fingerprint density at radius 2 is 1.44 bits per heavy atom. The monoisotopic (exact) mass is 596 g/mol. The summed E-state index contributed by atoms with van der Waals surface area (Å²) in [4.78, 5) is 44.2. The van der Waals surface area contributed by atoms with Crippen LogP contribution >= 0.6 is 0 Å². The fraction of sp³-hybridized carbons (Fsp3) is 0.455. The number of nitrogens with zero attached hydrogens (tertiary/aromatic N) is 9. The minimum Gasteiger partial charge on any atom is -0.388 e. The molecule has 3 aliphatic rings. The number of ether oxygens (including phenoxy) is 2. The summed E-state index contributed by atoms with van der Waals surface area (Å²) in [5, 5.41) is 28.5. The number of aliphatic imine (C=N–C) groups is 2. The van der Waals surface area contributed by atoms with E-state index in [9.17, 15) is 15.0 Å². The van der Waals surface area contributed by atoms with Crippen molar-refractivity contribution in [1.29, 1.82) is 0 Å². The van der Waals surface area contributed by atoms with Crippen molar-refractivity contribution in [3.63, 3.8) is 0 Å². The van der Waals surface area contributed by atoms with Crippen LogP contribution in [-0.2, 0) is 9.47 Å². The number of nitrogens with two attached hydrogens (primary N) is 4. The van der Waals surface area contributed by atoms with Crippen molar-refractivity contribution in [1.82, 2.24) is 49.7 Å². The molecule has 0 spiro atoms. The maximum atomic E-state index is 12.3. The van der Waals surface area contributed by atoms with Gasteiger partial charge in [0.1, 0.15) is 42.3 Å². The largest absolute Gasteiger partial charge is 0.388 e. The molecule has 2 saturated heterocycles. The Hall–Kier alpha value is -5.12. The summed E-state index contributed by atoms with van der Waals surface area (Å²) in [5.41, 5.74) is 24.5. The molecule has 43 heavy (non-hydrogen) atoms. The number of aromatic amines is 1. The number of imidazole rings is 2. The number of rotatable bonds is 2. The minimum atomic E-state index is -1.15. The lowest BCUT2D eigenvalue weighted by Gasteiger charge is -2.24. The van der Waals surface area contributed by atoms with Gasteiger partial charge in [0.05, 0.1) is 31.8 Å². The first-order valence-electron chi connectivity index (χ1n) is 13.1. The highest BCUT2D eigenvalue weighted by molar-refractivity contribution is 5.81. The van der Waals surface area contributed by atoms with Crippen LogP contribution in [0, 0.1) is 0 Å². The molecule has 4 aromatic heterocycles. The number of nitrogen functional groups attached to an aromatic ring is 2. The SMILES string of the molecule is NC1=NCC2OC(n3cnc4c(=O)[nH]c(N)nc43)C(NC(N)=NCC3OC(n4cnc5c(N)ncnc54)C(O)C3N1)C2O. The molecular formula is C22H28N16O5. The van der Waals surface area contributed by atoms with Gasteiger partial charge in [0.15, 0.2) is 47.0 Å². The number of fused-ring (bicyclic) bond motifs is 5. The van der Waals surface area contributed by atoms with Crippen LogP contribution in [0.2, 0.25) is 0 Å². The van der Waals surface area contributed by atoms with Crippen LogP contribution in [-0.4, -0.2) is 111 Å². The van der Waals surface area contributed by atoms with E-state index in [0.29, 0.717) is 11.2 Å². The van der Waals surface area contributed by atoms with Crippen LogP contribution in [0.25, 0.3) is 22.3 Å². The number of nitrogens with one attached hydrogen (secondary N) is 3. The molecule has 21 nitrogen and oxygen atoms in total. The molecule has 0 amide bonds. The molecule has 8 unspecified atom stereocenters. The maximum Gasteiger partial charge on any atom is 0.280 e. The molecule has 21 heteroatoms. The van der Waals surface area contributed by atoms with Gasteiger partial charge in [0, 0.05) is 0 Å². The summed E-state index contributed by atoms with van der Waals surface area (Å²) in [7, 11) is 0. The minimum absolute atomic E-state index is 0.0274. The van der Waals surface area contributed by atoms with Crippen LogP contribution in [0.1, 0.15) is 12.5 Å². The molecule has 0 aromatic carbocycles. The van der Waals surface area contributed by atoms with Crippen LogP contribution in [0.3, 0.4) is 0 Å². The van der Waals surface area contributed by atoms with Gasteiger partial charge in [0.2, 0.25) is 5.95 Å². The third kappa shape index (κ3) is 4.41. The van der Waals surface area contributed by atoms with Gasteiger partial charge in [0.25, 0.3) is 5.56 Å². The van der Waals surface area contributed by atoms with Gasteiger partial charge in [-0.15, -0.1) is 0 Å². The molecule has 0 aliphatic carbocycles. The summed E-state index contributed by atoms with van der Waals surface area (Å²) >= 11 is 0. The first kappa shape index (κ1) is 26.8. The molecule has 7 rings (SSSR count). The van der Waals surface area contributed by atoms with E-state index >= 15 is 0 Å². The van der Waals surface area contributed by atoms with E-state index in [1.165, 1.54) is 23.5 Å². The van der Waals surface area contributed by atoms with Crippen molar-refractivity contribution >= 4 is 46.0 Å². The summed E-state index contributed by atoms with van der Waals surface area (Å²) < 4.78 is 15.4. The van der Waals surface area contributed by atoms with Crippen LogP contribution in [0.15, 0.2) is 33.8 Å². The molecule has 8 atom stereocenters. The summed E-state index contributed by atoms with van der Waals surface area (Å²) in [5.74, 6) is -0.00926. The molecule has 0 saturated carbocycles. The topological polar surface area (TPSA) is 319 Å². The van der Waals surface area contributed by atoms with Crippen molar-refractivity contribution in [2.75, 3.05) is 24.6 Å². The van der Waals surface area contributed by atoms with Gasteiger partial charge in [-0.1, -0.05) is 0 Å². The second-order valence-corrected chi connectivity index (χ2v) is 10.3. The molecule has 7 heterocycles. The normalized spacial score (nSPS) is 31.3. The number of aliphatic hydroxyl groups is 2. The Balaban J connectivity index is 1.20. The summed E-state index contributed by atoms with van der Waals surface area (Å²) in [6.07, 6.45) is -1.69. The molecule has 2 fully saturated rings. The van der Waals surface area contributed by atoms with Crippen molar-refractivity contribution in [2.45, 2.75) is 49.0 Å². The number of hydrogen-bond acceptors (Lipinski definition) is 18. The Bertz CT molecular complexity index is 1820. The van der Waals surface area contributed by atoms with E-state index in [1.807, 2.05) is 0 Å². The van der Waals surface area contributed by atoms with Crippen LogP contribution in [0.4, 0.5) is 11.8 Å². The first-order valence-corrected chi connectivity index (χ1v) is 13.1. The molecule has 3 aliphatic heterocycles. The fourth-order valence-corrected chi connectivity index (χ4v) is 5.59. The lowest BCUT2D eigenvalue weighted by Crippen LogP contribution is -2.51. The molecule has 0 radical (unpaired) electrons. The van der Waals surface area contributed by atoms with E-state index < -0.39 is 54.5 Å². The maximum absolute atomic E-state index is 12.3. The third-order valence-corrected chi connectivity index (χ3v) is 7.64. The van der Waals surface area contributed by atoms with Crippen molar-refractivity contribution in [2.24, 2.45) is 21.5 Å². The van der Waals surface area contributed by atoms with Crippen molar-refractivity contribution < 1.29 is 19.7 Å². The van der Waals surface area contributed by atoms with Gasteiger partial charge in [-0.25, -0.2) is 19.9 Å². The Morgan fingerprint density at radius 3 is 2.21 bits per heavy atom. The number of anilines is 2. The lowest BCUT2D eigenvalue weighted by atomic mass is 10.1. The Labute approximate surface area is 240 Å². The lowest BCUT2D eigenvalue weighted by molar-refractivity contribution is -0.0320. The van der Waals surface area contributed by atoms with Gasteiger partial charge in [-0.2, -0.15) is 4.98 Å². The van der Waals surface area contributed by atoms with Gasteiger partial charge >= 0.3 is 0 Å². The second kappa shape index (κ2) is 10.0. The Morgan fingerprint density at radius 1 is 0.791 bits per heavy atom. The number of hydrogen-bond donors (Lipinski definition) is 9. The predicted molar refractivity (Wildman–Crippen MR) is 149 cm³/mol. The van der Waals surface area contributed by atoms with E-state index in [-0.39, 0.29) is 47.9 Å². The number of aliphatic hydroxyl groups excluding tert-OH is 2. The smallest absolute Gasteiger partial charge is 0.280 e. The third-order valence-electron chi connectivity index (χ3n) is 7.64. The highest BCUT2D eigenvalue weighted by Crippen LogP contribution is 2.34. The van der Waals surface area contributed by atoms with Gasteiger partial charge in [-0.3, -0.25) is 28.9 Å². The predicted octanol–water partition coefficient (Wildman–Crippen LogP) is -4.80. The highest BCUT2D eigenvalue weighted by Gasteiger charge is 2.48. The quantitative estimate of drug-likeness (QED) is 0.105. The van der Waals surface area contributed by atoms with E-state index in [1.54, 1.807) is 4.57 Å². The average Bonchev–Trinajstić information content (AvgIpc) is 3.72. The van der Waals surface area contributed by atoms with Crippen LogP contribution < -0.4 is 39.1 Å². The van der Waals surface area contributed by atoms with Crippen molar-refractivity contribution in [3.8, 4) is 0 Å².